The Balaban J connectivity index is 2.43. The summed E-state index contributed by atoms with van der Waals surface area (Å²) in [4.78, 5) is 12.9. The number of aryl methyl sites for hydroxylation is 1. The third-order valence-corrected chi connectivity index (χ3v) is 3.46. The molecule has 1 atom stereocenters. The van der Waals surface area contributed by atoms with Crippen LogP contribution in [-0.4, -0.2) is 41.7 Å². The molecule has 4 heteroatoms. The fraction of sp³-hybridized carbons (Fsp3) is 0.562. The third-order valence-electron chi connectivity index (χ3n) is 3.46. The van der Waals surface area contributed by atoms with Crippen molar-refractivity contribution >= 4 is 5.97 Å². The number of aliphatic carboxylic acids is 1. The average Bonchev–Trinajstić information content (AvgIpc) is 2.41. The minimum absolute atomic E-state index is 0.175. The second-order valence-electron chi connectivity index (χ2n) is 5.10. The molecule has 0 amide bonds. The Bertz CT molecular complexity index is 420. The standard InChI is InChI=1S/C16H25NO3/c1-4-14(3)17(9-8-16(18)19)10-11-20-15-7-5-6-13(2)12-15/h5-7,12,14H,4,8-11H2,1-3H3,(H,18,19). The van der Waals surface area contributed by atoms with Crippen LogP contribution in [0.25, 0.3) is 0 Å². The van der Waals surface area contributed by atoms with E-state index in [0.717, 1.165) is 18.7 Å². The summed E-state index contributed by atoms with van der Waals surface area (Å²) in [5, 5.41) is 8.79. The Hall–Kier alpha value is -1.55. The van der Waals surface area contributed by atoms with Crippen molar-refractivity contribution in [1.82, 2.24) is 4.90 Å². The smallest absolute Gasteiger partial charge is 0.304 e. The normalized spacial score (nSPS) is 12.4. The molecule has 0 fully saturated rings. The maximum atomic E-state index is 10.7. The molecule has 0 heterocycles. The molecule has 0 radical (unpaired) electrons. The van der Waals surface area contributed by atoms with Crippen LogP contribution in [0.15, 0.2) is 24.3 Å². The molecule has 0 bridgehead atoms. The van der Waals surface area contributed by atoms with Crippen LogP contribution in [0.3, 0.4) is 0 Å². The summed E-state index contributed by atoms with van der Waals surface area (Å²) in [6, 6.07) is 8.32. The van der Waals surface area contributed by atoms with E-state index in [1.165, 1.54) is 5.56 Å². The molecular formula is C16H25NO3. The highest BCUT2D eigenvalue weighted by molar-refractivity contribution is 5.66. The first-order valence-electron chi connectivity index (χ1n) is 7.18. The fourth-order valence-corrected chi connectivity index (χ4v) is 2.04. The van der Waals surface area contributed by atoms with Gasteiger partial charge in [-0.25, -0.2) is 0 Å². The summed E-state index contributed by atoms with van der Waals surface area (Å²) in [5.41, 5.74) is 1.17. The van der Waals surface area contributed by atoms with Crippen LogP contribution in [0.2, 0.25) is 0 Å². The molecule has 20 heavy (non-hydrogen) atoms. The Labute approximate surface area is 121 Å². The summed E-state index contributed by atoms with van der Waals surface area (Å²) < 4.78 is 5.73. The first kappa shape index (κ1) is 16.5. The molecule has 0 saturated heterocycles. The van der Waals surface area contributed by atoms with Gasteiger partial charge >= 0.3 is 5.97 Å². The molecule has 0 spiro atoms. The number of carboxylic acids is 1. The van der Waals surface area contributed by atoms with Crippen molar-refractivity contribution in [2.45, 2.75) is 39.7 Å². The summed E-state index contributed by atoms with van der Waals surface area (Å²) in [5.74, 6) is 0.116. The number of benzene rings is 1. The van der Waals surface area contributed by atoms with Crippen LogP contribution in [0.5, 0.6) is 5.75 Å². The molecule has 1 N–H and O–H groups in total. The first-order valence-corrected chi connectivity index (χ1v) is 7.18. The molecule has 0 aliphatic carbocycles. The van der Waals surface area contributed by atoms with Crippen molar-refractivity contribution < 1.29 is 14.6 Å². The van der Waals surface area contributed by atoms with Gasteiger partial charge in [-0.2, -0.15) is 0 Å². The first-order chi connectivity index (χ1) is 9.52. The van der Waals surface area contributed by atoms with E-state index in [0.29, 0.717) is 19.2 Å². The zero-order valence-corrected chi connectivity index (χ0v) is 12.6. The third kappa shape index (κ3) is 6.06. The lowest BCUT2D eigenvalue weighted by Gasteiger charge is -2.27. The number of carbonyl (C=O) groups is 1. The highest BCUT2D eigenvalue weighted by Crippen LogP contribution is 2.12. The lowest BCUT2D eigenvalue weighted by molar-refractivity contribution is -0.137. The van der Waals surface area contributed by atoms with Crippen LogP contribution in [-0.2, 0) is 4.79 Å². The summed E-state index contributed by atoms with van der Waals surface area (Å²) in [6.07, 6.45) is 1.18. The highest BCUT2D eigenvalue weighted by Gasteiger charge is 2.13. The second-order valence-corrected chi connectivity index (χ2v) is 5.10. The van der Waals surface area contributed by atoms with E-state index in [2.05, 4.69) is 18.7 Å². The Morgan fingerprint density at radius 3 is 2.75 bits per heavy atom. The molecule has 0 aromatic heterocycles. The minimum atomic E-state index is -0.752. The van der Waals surface area contributed by atoms with Crippen LogP contribution in [0, 0.1) is 6.92 Å². The summed E-state index contributed by atoms with van der Waals surface area (Å²) in [7, 11) is 0. The molecule has 1 aromatic carbocycles. The molecule has 0 saturated carbocycles. The van der Waals surface area contributed by atoms with Gasteiger partial charge in [0, 0.05) is 19.1 Å². The van der Waals surface area contributed by atoms with Crippen molar-refractivity contribution in [2.24, 2.45) is 0 Å². The van der Waals surface area contributed by atoms with E-state index in [1.54, 1.807) is 0 Å². The predicted octanol–water partition coefficient (Wildman–Crippen LogP) is 2.95. The van der Waals surface area contributed by atoms with E-state index < -0.39 is 5.97 Å². The lowest BCUT2D eigenvalue weighted by Crippen LogP contribution is -2.37. The van der Waals surface area contributed by atoms with Gasteiger partial charge in [0.05, 0.1) is 6.42 Å². The number of hydrogen-bond acceptors (Lipinski definition) is 3. The SMILES string of the molecule is CCC(C)N(CCOc1cccc(C)c1)CCC(=O)O. The average molecular weight is 279 g/mol. The van der Waals surface area contributed by atoms with Gasteiger partial charge in [0.1, 0.15) is 12.4 Å². The molecule has 1 aromatic rings. The molecule has 1 unspecified atom stereocenters. The quantitative estimate of drug-likeness (QED) is 0.755. The van der Waals surface area contributed by atoms with Gasteiger partial charge in [0.25, 0.3) is 0 Å². The molecular weight excluding hydrogens is 254 g/mol. The van der Waals surface area contributed by atoms with Gasteiger partial charge in [-0.05, 0) is 38.0 Å². The largest absolute Gasteiger partial charge is 0.492 e. The second kappa shape index (κ2) is 8.59. The lowest BCUT2D eigenvalue weighted by atomic mass is 10.2. The van der Waals surface area contributed by atoms with Crippen molar-refractivity contribution in [2.75, 3.05) is 19.7 Å². The minimum Gasteiger partial charge on any atom is -0.492 e. The van der Waals surface area contributed by atoms with Crippen LogP contribution in [0.1, 0.15) is 32.3 Å². The van der Waals surface area contributed by atoms with E-state index in [-0.39, 0.29) is 6.42 Å². The van der Waals surface area contributed by atoms with Crippen LogP contribution >= 0.6 is 0 Å². The number of hydrogen-bond donors (Lipinski definition) is 1. The highest BCUT2D eigenvalue weighted by atomic mass is 16.5. The molecule has 112 valence electrons. The van der Waals surface area contributed by atoms with E-state index in [1.807, 2.05) is 31.2 Å². The van der Waals surface area contributed by atoms with Crippen molar-refractivity contribution in [3.05, 3.63) is 29.8 Å². The van der Waals surface area contributed by atoms with Gasteiger partial charge in [-0.3, -0.25) is 9.69 Å². The Morgan fingerprint density at radius 1 is 1.40 bits per heavy atom. The van der Waals surface area contributed by atoms with Gasteiger partial charge in [-0.15, -0.1) is 0 Å². The number of rotatable bonds is 9. The monoisotopic (exact) mass is 279 g/mol. The Morgan fingerprint density at radius 2 is 2.15 bits per heavy atom. The molecule has 0 aliphatic rings. The number of nitrogens with zero attached hydrogens (tertiary/aromatic N) is 1. The maximum Gasteiger partial charge on any atom is 0.304 e. The molecule has 1 rings (SSSR count). The summed E-state index contributed by atoms with van der Waals surface area (Å²) in [6.45, 7) is 8.16. The molecule has 0 aliphatic heterocycles. The van der Waals surface area contributed by atoms with E-state index in [4.69, 9.17) is 9.84 Å². The summed E-state index contributed by atoms with van der Waals surface area (Å²) >= 11 is 0. The predicted molar refractivity (Wildman–Crippen MR) is 80.3 cm³/mol. The zero-order chi connectivity index (χ0) is 15.0. The number of carboxylic acid groups (broad SMARTS) is 1. The maximum absolute atomic E-state index is 10.7. The van der Waals surface area contributed by atoms with Gasteiger partial charge < -0.3 is 9.84 Å². The topological polar surface area (TPSA) is 49.8 Å². The fourth-order valence-electron chi connectivity index (χ4n) is 2.04. The van der Waals surface area contributed by atoms with E-state index in [9.17, 15) is 4.79 Å². The van der Waals surface area contributed by atoms with Crippen molar-refractivity contribution in [3.63, 3.8) is 0 Å². The van der Waals surface area contributed by atoms with Crippen molar-refractivity contribution in [3.8, 4) is 5.75 Å². The van der Waals surface area contributed by atoms with Gasteiger partial charge in [-0.1, -0.05) is 19.1 Å². The number of ether oxygens (including phenoxy) is 1. The van der Waals surface area contributed by atoms with Crippen LogP contribution < -0.4 is 4.74 Å². The zero-order valence-electron chi connectivity index (χ0n) is 12.6. The van der Waals surface area contributed by atoms with E-state index >= 15 is 0 Å². The van der Waals surface area contributed by atoms with Gasteiger partial charge in [0.15, 0.2) is 0 Å². The van der Waals surface area contributed by atoms with Crippen LogP contribution in [0.4, 0.5) is 0 Å². The van der Waals surface area contributed by atoms with Crippen molar-refractivity contribution in [1.29, 1.82) is 0 Å². The molecule has 4 nitrogen and oxygen atoms in total. The van der Waals surface area contributed by atoms with Gasteiger partial charge in [0.2, 0.25) is 0 Å². The Kier molecular flexibility index (Phi) is 7.09.